The van der Waals surface area contributed by atoms with Gasteiger partial charge in [0, 0.05) is 12.1 Å². The molecule has 1 aliphatic rings. The van der Waals surface area contributed by atoms with Crippen molar-refractivity contribution in [1.29, 1.82) is 0 Å². The predicted octanol–water partition coefficient (Wildman–Crippen LogP) is 1.74. The van der Waals surface area contributed by atoms with Gasteiger partial charge in [0.2, 0.25) is 5.91 Å². The number of aliphatic carboxylic acids is 1. The van der Waals surface area contributed by atoms with Crippen LogP contribution < -0.4 is 11.1 Å². The Balaban J connectivity index is 1.90. The number of hydrogen-bond donors (Lipinski definition) is 3. The molecule has 108 valence electrons. The number of nitrogens with one attached hydrogen (secondary N) is 1. The summed E-state index contributed by atoms with van der Waals surface area (Å²) in [5.74, 6) is -1.03. The van der Waals surface area contributed by atoms with Crippen LogP contribution in [-0.2, 0) is 9.59 Å². The van der Waals surface area contributed by atoms with Crippen molar-refractivity contribution in [2.75, 3.05) is 5.73 Å². The standard InChI is InChI=1S/C15H20N2O3/c1-9(10-4-6-12(16)7-5-10)8-13(18)17-14(15(19)20)11-2-3-11/h4-7,9,11,14H,2-3,8,16H2,1H3,(H,17,18)(H,19,20). The highest BCUT2D eigenvalue weighted by molar-refractivity contribution is 5.84. The molecule has 0 heterocycles. The lowest BCUT2D eigenvalue weighted by atomic mass is 9.97. The second-order valence-corrected chi connectivity index (χ2v) is 5.49. The summed E-state index contributed by atoms with van der Waals surface area (Å²) in [5, 5.41) is 11.7. The predicted molar refractivity (Wildman–Crippen MR) is 76.2 cm³/mol. The molecular formula is C15H20N2O3. The largest absolute Gasteiger partial charge is 0.480 e. The molecular weight excluding hydrogens is 256 g/mol. The summed E-state index contributed by atoms with van der Waals surface area (Å²) in [7, 11) is 0. The highest BCUT2D eigenvalue weighted by atomic mass is 16.4. The van der Waals surface area contributed by atoms with Crippen LogP contribution in [0.1, 0.15) is 37.7 Å². The zero-order chi connectivity index (χ0) is 14.7. The summed E-state index contributed by atoms with van der Waals surface area (Å²) < 4.78 is 0. The van der Waals surface area contributed by atoms with Gasteiger partial charge in [-0.1, -0.05) is 19.1 Å². The number of amides is 1. The molecule has 2 rings (SSSR count). The second-order valence-electron chi connectivity index (χ2n) is 5.49. The minimum Gasteiger partial charge on any atom is -0.480 e. The molecule has 0 aromatic heterocycles. The molecule has 0 spiro atoms. The lowest BCUT2D eigenvalue weighted by Gasteiger charge is -2.16. The van der Waals surface area contributed by atoms with Gasteiger partial charge < -0.3 is 16.2 Å². The van der Waals surface area contributed by atoms with Gasteiger partial charge in [-0.05, 0) is 42.4 Å². The van der Waals surface area contributed by atoms with E-state index >= 15 is 0 Å². The maximum atomic E-state index is 11.9. The Morgan fingerprint density at radius 1 is 1.35 bits per heavy atom. The molecule has 1 saturated carbocycles. The first-order valence-electron chi connectivity index (χ1n) is 6.85. The highest BCUT2D eigenvalue weighted by Gasteiger charge is 2.37. The van der Waals surface area contributed by atoms with Gasteiger partial charge in [0.25, 0.3) is 0 Å². The number of carboxylic acids is 1. The molecule has 5 nitrogen and oxygen atoms in total. The van der Waals surface area contributed by atoms with Crippen LogP contribution in [0.3, 0.4) is 0 Å². The summed E-state index contributed by atoms with van der Waals surface area (Å²) in [6, 6.07) is 6.65. The average Bonchev–Trinajstić information content (AvgIpc) is 3.20. The molecule has 0 bridgehead atoms. The average molecular weight is 276 g/mol. The first-order valence-corrected chi connectivity index (χ1v) is 6.85. The normalized spacial score (nSPS) is 17.2. The van der Waals surface area contributed by atoms with Crippen molar-refractivity contribution in [3.8, 4) is 0 Å². The fourth-order valence-corrected chi connectivity index (χ4v) is 2.26. The van der Waals surface area contributed by atoms with E-state index in [0.717, 1.165) is 18.4 Å². The number of carbonyl (C=O) groups is 2. The van der Waals surface area contributed by atoms with Crippen molar-refractivity contribution in [2.24, 2.45) is 5.92 Å². The molecule has 2 atom stereocenters. The van der Waals surface area contributed by atoms with Crippen LogP contribution in [0.2, 0.25) is 0 Å². The summed E-state index contributed by atoms with van der Waals surface area (Å²) in [6.07, 6.45) is 2.04. The molecule has 1 aliphatic carbocycles. The van der Waals surface area contributed by atoms with Crippen LogP contribution in [0.5, 0.6) is 0 Å². The SMILES string of the molecule is CC(CC(=O)NC(C(=O)O)C1CC1)c1ccc(N)cc1. The Bertz CT molecular complexity index is 494. The highest BCUT2D eigenvalue weighted by Crippen LogP contribution is 2.33. The van der Waals surface area contributed by atoms with Crippen LogP contribution in [-0.4, -0.2) is 23.0 Å². The van der Waals surface area contributed by atoms with Crippen LogP contribution in [0.15, 0.2) is 24.3 Å². The van der Waals surface area contributed by atoms with Crippen molar-refractivity contribution in [3.63, 3.8) is 0 Å². The Labute approximate surface area is 118 Å². The lowest BCUT2D eigenvalue weighted by molar-refractivity contribution is -0.142. The van der Waals surface area contributed by atoms with Gasteiger partial charge in [0.15, 0.2) is 0 Å². The zero-order valence-electron chi connectivity index (χ0n) is 11.5. The molecule has 1 aromatic rings. The summed E-state index contributed by atoms with van der Waals surface area (Å²) in [6.45, 7) is 1.94. The molecule has 0 saturated heterocycles. The minimum atomic E-state index is -0.944. The first kappa shape index (κ1) is 14.4. The van der Waals surface area contributed by atoms with Crippen molar-refractivity contribution < 1.29 is 14.7 Å². The van der Waals surface area contributed by atoms with Crippen molar-refractivity contribution in [1.82, 2.24) is 5.32 Å². The fourth-order valence-electron chi connectivity index (χ4n) is 2.26. The fraction of sp³-hybridized carbons (Fsp3) is 0.467. The minimum absolute atomic E-state index is 0.0317. The molecule has 2 unspecified atom stereocenters. The number of nitrogens with two attached hydrogens (primary N) is 1. The first-order chi connectivity index (χ1) is 9.47. The van der Waals surface area contributed by atoms with Gasteiger partial charge in [-0.3, -0.25) is 4.79 Å². The lowest BCUT2D eigenvalue weighted by Crippen LogP contribution is -2.42. The Morgan fingerprint density at radius 2 is 1.95 bits per heavy atom. The van der Waals surface area contributed by atoms with Gasteiger partial charge in [-0.15, -0.1) is 0 Å². The van der Waals surface area contributed by atoms with Crippen LogP contribution in [0, 0.1) is 5.92 Å². The second kappa shape index (κ2) is 5.94. The number of hydrogen-bond acceptors (Lipinski definition) is 3. The monoisotopic (exact) mass is 276 g/mol. The molecule has 1 aromatic carbocycles. The van der Waals surface area contributed by atoms with E-state index in [9.17, 15) is 9.59 Å². The number of anilines is 1. The van der Waals surface area contributed by atoms with Gasteiger partial charge in [-0.25, -0.2) is 4.79 Å². The van der Waals surface area contributed by atoms with E-state index in [1.807, 2.05) is 19.1 Å². The third kappa shape index (κ3) is 3.73. The smallest absolute Gasteiger partial charge is 0.326 e. The maximum absolute atomic E-state index is 11.9. The Kier molecular flexibility index (Phi) is 4.27. The number of carbonyl (C=O) groups excluding carboxylic acids is 1. The molecule has 1 fully saturated rings. The van der Waals surface area contributed by atoms with E-state index in [1.165, 1.54) is 0 Å². The molecule has 0 radical (unpaired) electrons. The summed E-state index contributed by atoms with van der Waals surface area (Å²) in [5.41, 5.74) is 7.33. The van der Waals surface area contributed by atoms with Crippen LogP contribution in [0.25, 0.3) is 0 Å². The van der Waals surface area contributed by atoms with Crippen molar-refractivity contribution in [2.45, 2.75) is 38.1 Å². The van der Waals surface area contributed by atoms with E-state index < -0.39 is 12.0 Å². The summed E-state index contributed by atoms with van der Waals surface area (Å²) >= 11 is 0. The number of rotatable bonds is 6. The Morgan fingerprint density at radius 3 is 2.45 bits per heavy atom. The van der Waals surface area contributed by atoms with Gasteiger partial charge in [-0.2, -0.15) is 0 Å². The quantitative estimate of drug-likeness (QED) is 0.690. The topological polar surface area (TPSA) is 92.4 Å². The molecule has 20 heavy (non-hydrogen) atoms. The van der Waals surface area contributed by atoms with Crippen molar-refractivity contribution >= 4 is 17.6 Å². The molecule has 5 heteroatoms. The van der Waals surface area contributed by atoms with Crippen molar-refractivity contribution in [3.05, 3.63) is 29.8 Å². The number of carboxylic acid groups (broad SMARTS) is 1. The van der Waals surface area contributed by atoms with Gasteiger partial charge >= 0.3 is 5.97 Å². The Hall–Kier alpha value is -2.04. The van der Waals surface area contributed by atoms with E-state index in [1.54, 1.807) is 12.1 Å². The third-order valence-electron chi connectivity index (χ3n) is 3.67. The summed E-state index contributed by atoms with van der Waals surface area (Å²) in [4.78, 5) is 23.0. The maximum Gasteiger partial charge on any atom is 0.326 e. The number of benzene rings is 1. The van der Waals surface area contributed by atoms with E-state index in [4.69, 9.17) is 10.8 Å². The molecule has 0 aliphatic heterocycles. The zero-order valence-corrected chi connectivity index (χ0v) is 11.5. The molecule has 1 amide bonds. The van der Waals surface area contributed by atoms with Gasteiger partial charge in [0.1, 0.15) is 6.04 Å². The van der Waals surface area contributed by atoms with Crippen LogP contribution >= 0.6 is 0 Å². The van der Waals surface area contributed by atoms with Crippen LogP contribution in [0.4, 0.5) is 5.69 Å². The van der Waals surface area contributed by atoms with E-state index in [2.05, 4.69) is 5.32 Å². The number of nitrogen functional groups attached to an aromatic ring is 1. The molecule has 4 N–H and O–H groups in total. The van der Waals surface area contributed by atoms with E-state index in [-0.39, 0.29) is 24.2 Å². The van der Waals surface area contributed by atoms with Gasteiger partial charge in [0.05, 0.1) is 0 Å². The third-order valence-corrected chi connectivity index (χ3v) is 3.67. The van der Waals surface area contributed by atoms with E-state index in [0.29, 0.717) is 5.69 Å².